The molecule has 7 heteroatoms. The lowest BCUT2D eigenvalue weighted by molar-refractivity contribution is -0.148. The largest absolute Gasteiger partial charge is 0.487 e. The van der Waals surface area contributed by atoms with Crippen LogP contribution in [0.1, 0.15) is 88.0 Å². The Kier molecular flexibility index (Phi) is 11.5. The maximum Gasteiger partial charge on any atom is 0.311 e. The summed E-state index contributed by atoms with van der Waals surface area (Å²) in [7, 11) is 0. The number of esters is 2. The second-order valence-corrected chi connectivity index (χ2v) is 10.2. The molecule has 0 saturated carbocycles. The number of hydrogen-bond donors (Lipinski definition) is 1. The zero-order valence-electron chi connectivity index (χ0n) is 22.5. The van der Waals surface area contributed by atoms with E-state index in [1.54, 1.807) is 0 Å². The maximum atomic E-state index is 12.5. The first-order valence-corrected chi connectivity index (χ1v) is 12.9. The lowest BCUT2D eigenvalue weighted by Gasteiger charge is -2.38. The predicted molar refractivity (Wildman–Crippen MR) is 135 cm³/mol. The minimum Gasteiger partial charge on any atom is -0.487 e. The molecule has 7 nitrogen and oxygen atoms in total. The fourth-order valence-electron chi connectivity index (χ4n) is 4.42. The molecule has 0 spiro atoms. The van der Waals surface area contributed by atoms with Gasteiger partial charge < -0.3 is 24.1 Å². The third-order valence-corrected chi connectivity index (χ3v) is 6.74. The van der Waals surface area contributed by atoms with Gasteiger partial charge in [-0.1, -0.05) is 20.3 Å². The smallest absolute Gasteiger partial charge is 0.311 e. The number of hydrogen-bond acceptors (Lipinski definition) is 7. The first kappa shape index (κ1) is 29.1. The zero-order chi connectivity index (χ0) is 26.0. The molecule has 1 heterocycles. The monoisotopic (exact) mass is 492 g/mol. The Morgan fingerprint density at radius 1 is 1.00 bits per heavy atom. The second kappa shape index (κ2) is 13.8. The summed E-state index contributed by atoms with van der Waals surface area (Å²) in [5.41, 5.74) is 3.77. The minimum atomic E-state index is -0.465. The van der Waals surface area contributed by atoms with E-state index >= 15 is 0 Å². The molecule has 1 aliphatic rings. The van der Waals surface area contributed by atoms with Crippen molar-refractivity contribution in [1.82, 2.24) is 0 Å². The Balaban J connectivity index is 1.94. The number of benzene rings is 1. The number of rotatable bonds is 14. The topological polar surface area (TPSA) is 91.3 Å². The molecule has 1 aliphatic heterocycles. The molecular formula is C28H44O7. The van der Waals surface area contributed by atoms with Gasteiger partial charge in [0.1, 0.15) is 23.7 Å². The standard InChI is InChI=1S/C28H44O7/c1-19(2)9-7-13-28(6)14-12-23-22(5)26(20(3)21(4)27(23)35-28)34-25(31)11-10-24(30)33-18-17-32-16-8-15-29/h19,29H,7-18H2,1-6H3. The highest BCUT2D eigenvalue weighted by atomic mass is 16.6. The first-order chi connectivity index (χ1) is 16.6. The van der Waals surface area contributed by atoms with Gasteiger partial charge in [0.2, 0.25) is 0 Å². The van der Waals surface area contributed by atoms with Crippen molar-refractivity contribution in [2.75, 3.05) is 26.4 Å². The summed E-state index contributed by atoms with van der Waals surface area (Å²) in [5.74, 6) is 1.28. The van der Waals surface area contributed by atoms with E-state index in [0.29, 0.717) is 24.7 Å². The van der Waals surface area contributed by atoms with Crippen LogP contribution in [0, 0.1) is 26.7 Å². The number of fused-ring (bicyclic) bond motifs is 1. The molecule has 2 rings (SSSR count). The van der Waals surface area contributed by atoms with Crippen molar-refractivity contribution in [3.05, 3.63) is 22.3 Å². The van der Waals surface area contributed by atoms with Crippen LogP contribution >= 0.6 is 0 Å². The van der Waals surface area contributed by atoms with Crippen LogP contribution in [0.15, 0.2) is 0 Å². The lowest BCUT2D eigenvalue weighted by Crippen LogP contribution is -2.37. The fraction of sp³-hybridized carbons (Fsp3) is 0.714. The van der Waals surface area contributed by atoms with Crippen LogP contribution in [-0.4, -0.2) is 49.1 Å². The third-order valence-electron chi connectivity index (χ3n) is 6.74. The Morgan fingerprint density at radius 2 is 1.71 bits per heavy atom. The summed E-state index contributed by atoms with van der Waals surface area (Å²) in [4.78, 5) is 24.4. The van der Waals surface area contributed by atoms with E-state index in [2.05, 4.69) is 20.8 Å². The fourth-order valence-corrected chi connectivity index (χ4v) is 4.42. The highest BCUT2D eigenvalue weighted by molar-refractivity contribution is 5.80. The second-order valence-electron chi connectivity index (χ2n) is 10.2. The van der Waals surface area contributed by atoms with E-state index in [-0.39, 0.29) is 38.3 Å². The zero-order valence-corrected chi connectivity index (χ0v) is 22.5. The van der Waals surface area contributed by atoms with Gasteiger partial charge in [0.25, 0.3) is 0 Å². The number of aliphatic hydroxyl groups is 1. The molecule has 198 valence electrons. The average Bonchev–Trinajstić information content (AvgIpc) is 2.81. The molecule has 1 unspecified atom stereocenters. The number of carbonyl (C=O) groups excluding carboxylic acids is 2. The van der Waals surface area contributed by atoms with Gasteiger partial charge in [-0.15, -0.1) is 0 Å². The van der Waals surface area contributed by atoms with Crippen molar-refractivity contribution in [3.8, 4) is 11.5 Å². The quantitative estimate of drug-likeness (QED) is 0.218. The molecule has 0 aromatic heterocycles. The molecule has 35 heavy (non-hydrogen) atoms. The van der Waals surface area contributed by atoms with E-state index in [0.717, 1.165) is 53.7 Å². The summed E-state index contributed by atoms with van der Waals surface area (Å²) in [6, 6.07) is 0. The first-order valence-electron chi connectivity index (χ1n) is 12.9. The van der Waals surface area contributed by atoms with Crippen molar-refractivity contribution < 1.29 is 33.6 Å². The average molecular weight is 493 g/mol. The summed E-state index contributed by atoms with van der Waals surface area (Å²) in [6.07, 6.45) is 5.65. The van der Waals surface area contributed by atoms with Gasteiger partial charge in [-0.25, -0.2) is 0 Å². The van der Waals surface area contributed by atoms with Crippen molar-refractivity contribution in [1.29, 1.82) is 0 Å². The predicted octanol–water partition coefficient (Wildman–Crippen LogP) is 5.15. The molecule has 0 bridgehead atoms. The Hall–Kier alpha value is -2.12. The molecule has 1 atom stereocenters. The Labute approximate surface area is 210 Å². The van der Waals surface area contributed by atoms with Gasteiger partial charge in [-0.3, -0.25) is 9.59 Å². The summed E-state index contributed by atoms with van der Waals surface area (Å²) in [5, 5.41) is 8.70. The van der Waals surface area contributed by atoms with Crippen molar-refractivity contribution in [2.45, 2.75) is 98.5 Å². The van der Waals surface area contributed by atoms with E-state index < -0.39 is 11.9 Å². The van der Waals surface area contributed by atoms with Crippen LogP contribution < -0.4 is 9.47 Å². The van der Waals surface area contributed by atoms with Gasteiger partial charge in [0.15, 0.2) is 0 Å². The van der Waals surface area contributed by atoms with Gasteiger partial charge in [0, 0.05) is 18.8 Å². The molecular weight excluding hydrogens is 448 g/mol. The summed E-state index contributed by atoms with van der Waals surface area (Å²) in [6.45, 7) is 13.5. The lowest BCUT2D eigenvalue weighted by atomic mass is 9.84. The van der Waals surface area contributed by atoms with E-state index in [4.69, 9.17) is 24.1 Å². The normalized spacial score (nSPS) is 17.1. The van der Waals surface area contributed by atoms with Gasteiger partial charge in [-0.05, 0) is 82.4 Å². The van der Waals surface area contributed by atoms with Crippen LogP contribution in [0.5, 0.6) is 11.5 Å². The summed E-state index contributed by atoms with van der Waals surface area (Å²) < 4.78 is 22.6. The molecule has 0 aliphatic carbocycles. The molecule has 0 saturated heterocycles. The van der Waals surface area contributed by atoms with Crippen molar-refractivity contribution >= 4 is 11.9 Å². The van der Waals surface area contributed by atoms with E-state index in [1.165, 1.54) is 6.42 Å². The third kappa shape index (κ3) is 8.80. The van der Waals surface area contributed by atoms with Crippen LogP contribution in [0.3, 0.4) is 0 Å². The van der Waals surface area contributed by atoms with Gasteiger partial charge in [-0.2, -0.15) is 0 Å². The minimum absolute atomic E-state index is 0.0463. The Bertz CT molecular complexity index is 862. The molecule has 1 N–H and O–H groups in total. The van der Waals surface area contributed by atoms with Crippen LogP contribution in [0.25, 0.3) is 0 Å². The Morgan fingerprint density at radius 3 is 2.40 bits per heavy atom. The van der Waals surface area contributed by atoms with Crippen molar-refractivity contribution in [2.24, 2.45) is 5.92 Å². The maximum absolute atomic E-state index is 12.5. The van der Waals surface area contributed by atoms with Crippen molar-refractivity contribution in [3.63, 3.8) is 0 Å². The molecule has 1 aromatic carbocycles. The highest BCUT2D eigenvalue weighted by Crippen LogP contribution is 2.45. The SMILES string of the molecule is Cc1c(C)c2c(c(C)c1OC(=O)CCC(=O)OCCOCCCO)CCC(C)(CCCC(C)C)O2. The van der Waals surface area contributed by atoms with E-state index in [1.807, 2.05) is 20.8 Å². The number of carbonyl (C=O) groups is 2. The van der Waals surface area contributed by atoms with Crippen LogP contribution in [0.4, 0.5) is 0 Å². The number of ether oxygens (including phenoxy) is 4. The molecule has 0 fully saturated rings. The number of aliphatic hydroxyl groups excluding tert-OH is 1. The molecule has 1 aromatic rings. The van der Waals surface area contributed by atoms with Crippen LogP contribution in [-0.2, 0) is 25.5 Å². The van der Waals surface area contributed by atoms with Gasteiger partial charge >= 0.3 is 11.9 Å². The molecule has 0 radical (unpaired) electrons. The van der Waals surface area contributed by atoms with Crippen LogP contribution in [0.2, 0.25) is 0 Å². The van der Waals surface area contributed by atoms with E-state index in [9.17, 15) is 9.59 Å². The summed E-state index contributed by atoms with van der Waals surface area (Å²) >= 11 is 0. The van der Waals surface area contributed by atoms with Gasteiger partial charge in [0.05, 0.1) is 19.4 Å². The highest BCUT2D eigenvalue weighted by Gasteiger charge is 2.34. The molecule has 0 amide bonds.